The molecular weight excluding hydrogens is 322 g/mol. The molecule has 0 aliphatic heterocycles. The fourth-order valence-electron chi connectivity index (χ4n) is 1.75. The van der Waals surface area contributed by atoms with Gasteiger partial charge in [0.15, 0.2) is 0 Å². The monoisotopic (exact) mass is 339 g/mol. The Morgan fingerprint density at radius 1 is 1.45 bits per heavy atom. The first-order valence-corrected chi connectivity index (χ1v) is 7.22. The van der Waals surface area contributed by atoms with Crippen molar-refractivity contribution in [1.82, 2.24) is 15.1 Å². The summed E-state index contributed by atoms with van der Waals surface area (Å²) in [7, 11) is 0. The molecule has 0 bridgehead atoms. The van der Waals surface area contributed by atoms with Gasteiger partial charge >= 0.3 is 6.09 Å². The third-order valence-electron chi connectivity index (χ3n) is 2.52. The van der Waals surface area contributed by atoms with Crippen LogP contribution in [0.5, 0.6) is 0 Å². The van der Waals surface area contributed by atoms with E-state index in [1.54, 1.807) is 0 Å². The second-order valence-corrected chi connectivity index (χ2v) is 6.44. The van der Waals surface area contributed by atoms with Crippen molar-refractivity contribution in [3.63, 3.8) is 0 Å². The average molecular weight is 340 g/mol. The summed E-state index contributed by atoms with van der Waals surface area (Å²) in [5.74, 6) is 0. The number of nitrogens with one attached hydrogen (secondary N) is 1. The largest absolute Gasteiger partial charge is 0.444 e. The predicted molar refractivity (Wildman–Crippen MR) is 81.7 cm³/mol. The van der Waals surface area contributed by atoms with Gasteiger partial charge in [-0.1, -0.05) is 15.9 Å². The van der Waals surface area contributed by atoms with Crippen molar-refractivity contribution in [2.24, 2.45) is 0 Å². The number of carbonyl (C=O) groups is 1. The number of halogens is 1. The summed E-state index contributed by atoms with van der Waals surface area (Å²) in [6.07, 6.45) is 1.55. The molecule has 1 aromatic heterocycles. The normalized spacial score (nSPS) is 11.6. The summed E-state index contributed by atoms with van der Waals surface area (Å²) < 4.78 is 8.00. The molecule has 1 amide bonds. The van der Waals surface area contributed by atoms with Gasteiger partial charge in [0.1, 0.15) is 5.60 Å². The van der Waals surface area contributed by atoms with Crippen LogP contribution in [0.4, 0.5) is 4.79 Å². The van der Waals surface area contributed by atoms with Gasteiger partial charge in [-0.25, -0.2) is 4.79 Å². The number of hydrogen-bond donors (Lipinski definition) is 1. The Kier molecular flexibility index (Phi) is 4.32. The van der Waals surface area contributed by atoms with Crippen molar-refractivity contribution < 1.29 is 9.53 Å². The predicted octanol–water partition coefficient (Wildman–Crippen LogP) is 3.32. The van der Waals surface area contributed by atoms with E-state index in [-0.39, 0.29) is 0 Å². The van der Waals surface area contributed by atoms with Gasteiger partial charge in [-0.05, 0) is 39.0 Å². The number of aromatic nitrogens is 2. The number of carbonyl (C=O) groups excluding carboxylic acids is 1. The number of amides is 1. The standard InChI is InChI=1S/C14H18BrN3O2/c1-14(2,3)20-13(19)16-6-7-18-9-10-8-11(15)4-5-12(10)17-18/h4-5,8-9H,6-7H2,1-3H3,(H,16,19). The van der Waals surface area contributed by atoms with Crippen molar-refractivity contribution in [2.45, 2.75) is 32.9 Å². The van der Waals surface area contributed by atoms with Crippen LogP contribution < -0.4 is 5.32 Å². The van der Waals surface area contributed by atoms with Crippen molar-refractivity contribution in [1.29, 1.82) is 0 Å². The van der Waals surface area contributed by atoms with Crippen LogP contribution in [0.1, 0.15) is 20.8 Å². The molecule has 1 heterocycles. The molecule has 20 heavy (non-hydrogen) atoms. The number of nitrogens with zero attached hydrogens (tertiary/aromatic N) is 2. The Morgan fingerprint density at radius 2 is 2.20 bits per heavy atom. The van der Waals surface area contributed by atoms with Gasteiger partial charge < -0.3 is 10.1 Å². The van der Waals surface area contributed by atoms with E-state index in [1.807, 2.05) is 49.8 Å². The van der Waals surface area contributed by atoms with E-state index >= 15 is 0 Å². The first kappa shape index (κ1) is 14.8. The summed E-state index contributed by atoms with van der Waals surface area (Å²) in [6, 6.07) is 5.93. The summed E-state index contributed by atoms with van der Waals surface area (Å²) in [5.41, 5.74) is 0.460. The Hall–Kier alpha value is -1.56. The smallest absolute Gasteiger partial charge is 0.407 e. The van der Waals surface area contributed by atoms with Crippen LogP contribution in [-0.2, 0) is 11.3 Å². The summed E-state index contributed by atoms with van der Waals surface area (Å²) >= 11 is 3.43. The maximum absolute atomic E-state index is 11.5. The van der Waals surface area contributed by atoms with Crippen molar-refractivity contribution >= 4 is 32.9 Å². The Bertz CT molecular complexity index is 616. The zero-order valence-corrected chi connectivity index (χ0v) is 13.4. The number of ether oxygens (including phenoxy) is 1. The molecule has 0 saturated carbocycles. The highest BCUT2D eigenvalue weighted by Crippen LogP contribution is 2.18. The summed E-state index contributed by atoms with van der Waals surface area (Å²) in [5, 5.41) is 8.21. The molecule has 2 rings (SSSR count). The first-order valence-electron chi connectivity index (χ1n) is 6.43. The van der Waals surface area contributed by atoms with Crippen LogP contribution in [0.25, 0.3) is 10.9 Å². The summed E-state index contributed by atoms with van der Waals surface area (Å²) in [6.45, 7) is 6.59. The van der Waals surface area contributed by atoms with E-state index in [4.69, 9.17) is 4.74 Å². The van der Waals surface area contributed by atoms with Crippen LogP contribution in [0, 0.1) is 0 Å². The van der Waals surface area contributed by atoms with E-state index < -0.39 is 11.7 Å². The number of benzene rings is 1. The van der Waals surface area contributed by atoms with Crippen molar-refractivity contribution in [3.8, 4) is 0 Å². The van der Waals surface area contributed by atoms with E-state index in [1.165, 1.54) is 0 Å². The first-order chi connectivity index (χ1) is 9.33. The SMILES string of the molecule is CC(C)(C)OC(=O)NCCn1cc2cc(Br)ccc2n1. The number of alkyl carbamates (subject to hydrolysis) is 1. The molecule has 0 saturated heterocycles. The lowest BCUT2D eigenvalue weighted by Crippen LogP contribution is -2.34. The van der Waals surface area contributed by atoms with Gasteiger partial charge in [-0.2, -0.15) is 5.10 Å². The van der Waals surface area contributed by atoms with Crippen molar-refractivity contribution in [3.05, 3.63) is 28.9 Å². The quantitative estimate of drug-likeness (QED) is 0.933. The number of fused-ring (bicyclic) bond motifs is 1. The molecule has 2 aromatic rings. The zero-order chi connectivity index (χ0) is 14.8. The number of hydrogen-bond acceptors (Lipinski definition) is 3. The molecule has 0 atom stereocenters. The van der Waals surface area contributed by atoms with E-state index in [9.17, 15) is 4.79 Å². The molecular formula is C14H18BrN3O2. The van der Waals surface area contributed by atoms with Gasteiger partial charge in [0.2, 0.25) is 0 Å². The minimum Gasteiger partial charge on any atom is -0.444 e. The maximum Gasteiger partial charge on any atom is 0.407 e. The molecule has 6 heteroatoms. The molecule has 108 valence electrons. The van der Waals surface area contributed by atoms with Gasteiger partial charge in [0.25, 0.3) is 0 Å². The zero-order valence-electron chi connectivity index (χ0n) is 11.8. The third kappa shape index (κ3) is 4.23. The fourth-order valence-corrected chi connectivity index (χ4v) is 2.13. The Labute approximate surface area is 126 Å². The number of rotatable bonds is 3. The highest BCUT2D eigenvalue weighted by molar-refractivity contribution is 9.10. The lowest BCUT2D eigenvalue weighted by Gasteiger charge is -2.19. The molecule has 0 radical (unpaired) electrons. The summed E-state index contributed by atoms with van der Waals surface area (Å²) in [4.78, 5) is 11.5. The molecule has 0 aliphatic carbocycles. The van der Waals surface area contributed by atoms with Gasteiger partial charge in [0.05, 0.1) is 12.1 Å². The van der Waals surface area contributed by atoms with Crippen LogP contribution in [0.15, 0.2) is 28.9 Å². The lowest BCUT2D eigenvalue weighted by atomic mass is 10.2. The third-order valence-corrected chi connectivity index (χ3v) is 3.02. The van der Waals surface area contributed by atoms with Gasteiger partial charge in [0, 0.05) is 22.6 Å². The minimum absolute atomic E-state index is 0.406. The Morgan fingerprint density at radius 3 is 2.90 bits per heavy atom. The minimum atomic E-state index is -0.475. The molecule has 0 spiro atoms. The molecule has 1 aromatic carbocycles. The molecule has 5 nitrogen and oxygen atoms in total. The van der Waals surface area contributed by atoms with Crippen molar-refractivity contribution in [2.75, 3.05) is 6.54 Å². The molecule has 0 aliphatic rings. The highest BCUT2D eigenvalue weighted by Gasteiger charge is 2.15. The van der Waals surface area contributed by atoms with Crippen LogP contribution >= 0.6 is 15.9 Å². The average Bonchev–Trinajstić information content (AvgIpc) is 2.68. The molecule has 0 unspecified atom stereocenters. The van der Waals surface area contributed by atoms with Crippen LogP contribution in [0.3, 0.4) is 0 Å². The fraction of sp³-hybridized carbons (Fsp3) is 0.429. The van der Waals surface area contributed by atoms with Gasteiger partial charge in [-0.15, -0.1) is 0 Å². The highest BCUT2D eigenvalue weighted by atomic mass is 79.9. The van der Waals surface area contributed by atoms with Crippen LogP contribution in [-0.4, -0.2) is 28.0 Å². The van der Waals surface area contributed by atoms with E-state index in [2.05, 4.69) is 26.3 Å². The maximum atomic E-state index is 11.5. The topological polar surface area (TPSA) is 56.1 Å². The molecule has 0 fully saturated rings. The van der Waals surface area contributed by atoms with Gasteiger partial charge in [-0.3, -0.25) is 4.68 Å². The van der Waals surface area contributed by atoms with E-state index in [0.717, 1.165) is 15.4 Å². The lowest BCUT2D eigenvalue weighted by molar-refractivity contribution is 0.0525. The molecule has 1 N–H and O–H groups in total. The second kappa shape index (κ2) is 5.83. The Balaban J connectivity index is 1.88. The van der Waals surface area contributed by atoms with E-state index in [0.29, 0.717) is 13.1 Å². The van der Waals surface area contributed by atoms with Crippen LogP contribution in [0.2, 0.25) is 0 Å². The second-order valence-electron chi connectivity index (χ2n) is 5.52.